The van der Waals surface area contributed by atoms with Crippen molar-refractivity contribution < 1.29 is 75.1 Å². The van der Waals surface area contributed by atoms with Crippen molar-refractivity contribution in [2.75, 3.05) is 13.7 Å². The van der Waals surface area contributed by atoms with E-state index in [-0.39, 0.29) is 92.0 Å². The van der Waals surface area contributed by atoms with Crippen LogP contribution in [-0.4, -0.2) is 52.8 Å². The van der Waals surface area contributed by atoms with Crippen molar-refractivity contribution in [1.29, 1.82) is 0 Å². The second kappa shape index (κ2) is 13.7. The number of aliphatic carboxylic acids is 1. The number of carboxylic acid groups (broad SMARTS) is 1. The van der Waals surface area contributed by atoms with Crippen molar-refractivity contribution in [3.8, 4) is 11.5 Å². The van der Waals surface area contributed by atoms with Gasteiger partial charge in [0.25, 0.3) is 10.0 Å². The molecule has 2 aromatic heterocycles. The molecule has 0 N–H and O–H groups in total. The van der Waals surface area contributed by atoms with Crippen LogP contribution in [0.5, 0.6) is 11.5 Å². The third-order valence-corrected chi connectivity index (χ3v) is 9.03. The van der Waals surface area contributed by atoms with E-state index in [1.165, 1.54) is 56.6 Å². The number of imidazole rings is 1. The fourth-order valence-electron chi connectivity index (χ4n) is 4.02. The van der Waals surface area contributed by atoms with E-state index < -0.39 is 40.0 Å². The van der Waals surface area contributed by atoms with E-state index in [1.807, 2.05) is 0 Å². The maximum atomic E-state index is 14.0. The zero-order valence-corrected chi connectivity index (χ0v) is 26.3. The van der Waals surface area contributed by atoms with Gasteiger partial charge in [0.2, 0.25) is 0 Å². The number of fused-ring (bicyclic) bond motifs is 1. The van der Waals surface area contributed by atoms with Gasteiger partial charge in [0.05, 0.1) is 28.7 Å². The van der Waals surface area contributed by atoms with Crippen LogP contribution < -0.4 is 44.1 Å². The van der Waals surface area contributed by atoms with Crippen molar-refractivity contribution in [1.82, 2.24) is 13.9 Å². The van der Waals surface area contributed by atoms with Crippen LogP contribution >= 0.6 is 0 Å². The molecule has 0 fully saturated rings. The van der Waals surface area contributed by atoms with E-state index in [4.69, 9.17) is 9.47 Å². The van der Waals surface area contributed by atoms with Crippen LogP contribution in [0.4, 0.5) is 13.2 Å². The average molecular weight is 634 g/mol. The van der Waals surface area contributed by atoms with Crippen LogP contribution in [0.15, 0.2) is 64.8 Å². The minimum Gasteiger partial charge on any atom is -0.609 e. The van der Waals surface area contributed by atoms with Crippen molar-refractivity contribution >= 4 is 38.2 Å². The molecule has 0 spiro atoms. The number of alkyl halides is 3. The van der Waals surface area contributed by atoms with Crippen molar-refractivity contribution in [3.05, 3.63) is 71.5 Å². The van der Waals surface area contributed by atoms with E-state index in [0.717, 1.165) is 3.97 Å². The molecule has 0 saturated carbocycles. The largest absolute Gasteiger partial charge is 1.00 e. The first kappa shape index (κ1) is 33.7. The predicted octanol–water partition coefficient (Wildman–Crippen LogP) is -0.0793. The van der Waals surface area contributed by atoms with Crippen molar-refractivity contribution in [3.63, 3.8) is 0 Å². The van der Waals surface area contributed by atoms with Gasteiger partial charge in [-0.15, -0.1) is 0 Å². The molecule has 10 nitrogen and oxygen atoms in total. The number of rotatable bonds is 11. The third-order valence-electron chi connectivity index (χ3n) is 6.00. The minimum atomic E-state index is -4.57. The number of carboxylic acids is 1. The first-order valence-electron chi connectivity index (χ1n) is 11.9. The quantitative estimate of drug-likeness (QED) is 0.164. The Labute approximate surface area is 264 Å². The van der Waals surface area contributed by atoms with Crippen LogP contribution in [0.25, 0.3) is 11.0 Å². The van der Waals surface area contributed by atoms with Crippen LogP contribution in [0, 0.1) is 6.92 Å². The summed E-state index contributed by atoms with van der Waals surface area (Å²) in [6.07, 6.45) is -3.79. The molecular formula is C26H23F3N3NaO7S2. The SMILES string of the molecule is COc1ccc(S(=O)(=O)n2c([S+]([O-])Cc3nccc(OCC(F)(F)F)c3C)nc3ccccc32)cc1CCC(=O)[O-].[Na+]. The topological polar surface area (TPSA) is 146 Å². The van der Waals surface area contributed by atoms with E-state index >= 15 is 0 Å². The average Bonchev–Trinajstić information content (AvgIpc) is 3.32. The number of halogens is 3. The summed E-state index contributed by atoms with van der Waals surface area (Å²) in [6.45, 7) is -0.0717. The molecule has 0 aliphatic rings. The smallest absolute Gasteiger partial charge is 0.609 e. The molecule has 2 heterocycles. The molecule has 0 aliphatic carbocycles. The second-order valence-corrected chi connectivity index (χ2v) is 11.9. The summed E-state index contributed by atoms with van der Waals surface area (Å²) in [5.74, 6) is -1.52. The molecule has 0 aliphatic heterocycles. The molecule has 4 rings (SSSR count). The van der Waals surface area contributed by atoms with E-state index in [0.29, 0.717) is 5.56 Å². The van der Waals surface area contributed by atoms with Gasteiger partial charge in [-0.05, 0) is 61.7 Å². The summed E-state index contributed by atoms with van der Waals surface area (Å²) in [7, 11) is -3.09. The Kier molecular flexibility index (Phi) is 10.9. The molecule has 4 aromatic rings. The van der Waals surface area contributed by atoms with E-state index in [9.17, 15) is 36.0 Å². The Morgan fingerprint density at radius 2 is 1.83 bits per heavy atom. The number of hydrogen-bond donors (Lipinski definition) is 0. The molecule has 16 heteroatoms. The molecule has 1 atom stereocenters. The fraction of sp³-hybridized carbons (Fsp3) is 0.269. The normalized spacial score (nSPS) is 12.5. The zero-order valence-electron chi connectivity index (χ0n) is 22.7. The van der Waals surface area contributed by atoms with Crippen LogP contribution in [-0.2, 0) is 38.2 Å². The molecule has 0 bridgehead atoms. The molecular weight excluding hydrogens is 610 g/mol. The van der Waals surface area contributed by atoms with Gasteiger partial charge in [0.15, 0.2) is 12.4 Å². The van der Waals surface area contributed by atoms with Gasteiger partial charge >= 0.3 is 40.9 Å². The molecule has 1 unspecified atom stereocenters. The monoisotopic (exact) mass is 633 g/mol. The Hall–Kier alpha value is -2.82. The van der Waals surface area contributed by atoms with Gasteiger partial charge in [-0.3, -0.25) is 4.98 Å². The third kappa shape index (κ3) is 7.57. The van der Waals surface area contributed by atoms with Crippen LogP contribution in [0.2, 0.25) is 0 Å². The summed E-state index contributed by atoms with van der Waals surface area (Å²) in [6, 6.07) is 11.4. The Bertz CT molecular complexity index is 1700. The van der Waals surface area contributed by atoms with Gasteiger partial charge in [-0.25, -0.2) is 8.42 Å². The molecule has 0 radical (unpaired) electrons. The van der Waals surface area contributed by atoms with Gasteiger partial charge in [-0.2, -0.15) is 22.1 Å². The predicted molar refractivity (Wildman–Crippen MR) is 139 cm³/mol. The summed E-state index contributed by atoms with van der Waals surface area (Å²) in [4.78, 5) is 19.2. The summed E-state index contributed by atoms with van der Waals surface area (Å²) in [5, 5.41) is 10.7. The Balaban J connectivity index is 0.00000484. The maximum Gasteiger partial charge on any atom is 1.00 e. The zero-order chi connectivity index (χ0) is 29.9. The van der Waals surface area contributed by atoms with Crippen LogP contribution in [0.3, 0.4) is 0 Å². The minimum absolute atomic E-state index is 0. The number of para-hydroxylation sites is 2. The number of ether oxygens (including phenoxy) is 2. The molecule has 218 valence electrons. The standard InChI is InChI=1S/C26H24F3N3O7S2.Na/c1-16-20(30-12-11-22(16)39-15-26(27,28)29)14-40(35)25-31-19-5-3-4-6-21(19)32(25)41(36,37)18-8-9-23(38-2)17(13-18)7-10-24(33)34;/h3-6,8-9,11-13H,7,10,14-15H2,1-2H3,(H,33,34);/q;+1/p-1. The number of aryl methyl sites for hydroxylation is 1. The molecule has 42 heavy (non-hydrogen) atoms. The number of carbonyl (C=O) groups is 1. The fourth-order valence-corrected chi connectivity index (χ4v) is 7.12. The number of benzene rings is 2. The van der Waals surface area contributed by atoms with Crippen molar-refractivity contribution in [2.45, 2.75) is 41.7 Å². The number of hydrogen-bond acceptors (Lipinski definition) is 9. The second-order valence-electron chi connectivity index (χ2n) is 8.77. The molecule has 0 saturated heterocycles. The summed E-state index contributed by atoms with van der Waals surface area (Å²) >= 11 is -2.14. The van der Waals surface area contributed by atoms with Gasteiger partial charge < -0.3 is 23.9 Å². The Morgan fingerprint density at radius 3 is 2.50 bits per heavy atom. The van der Waals surface area contributed by atoms with Gasteiger partial charge in [0.1, 0.15) is 11.5 Å². The van der Waals surface area contributed by atoms with E-state index in [1.54, 1.807) is 12.1 Å². The molecule has 2 aromatic carbocycles. The first-order valence-corrected chi connectivity index (χ1v) is 14.7. The van der Waals surface area contributed by atoms with Gasteiger partial charge in [-0.1, -0.05) is 12.1 Å². The summed E-state index contributed by atoms with van der Waals surface area (Å²) in [5.41, 5.74) is 1.02. The number of aromatic nitrogens is 3. The first-order chi connectivity index (χ1) is 19.3. The van der Waals surface area contributed by atoms with E-state index in [2.05, 4.69) is 9.97 Å². The van der Waals surface area contributed by atoms with Crippen molar-refractivity contribution in [2.24, 2.45) is 0 Å². The maximum absolute atomic E-state index is 14.0. The number of nitrogens with zero attached hydrogens (tertiary/aromatic N) is 3. The number of methoxy groups -OCH3 is 1. The molecule has 0 amide bonds. The number of pyridine rings is 1. The van der Waals surface area contributed by atoms with Crippen LogP contribution in [0.1, 0.15) is 23.2 Å². The Morgan fingerprint density at radius 1 is 1.12 bits per heavy atom. The summed E-state index contributed by atoms with van der Waals surface area (Å²) < 4.78 is 90.4. The van der Waals surface area contributed by atoms with Gasteiger partial charge in [0, 0.05) is 28.9 Å². The number of carbonyl (C=O) groups excluding carboxylic acids is 1.